The number of amides is 4. The van der Waals surface area contributed by atoms with Crippen LogP contribution in [0.3, 0.4) is 0 Å². The second-order valence-electron chi connectivity index (χ2n) is 15.9. The molecular weight excluding hydrogens is 760 g/mol. The largest absolute Gasteiger partial charge is 0.494 e. The molecule has 306 valence electrons. The molecule has 0 bridgehead atoms. The van der Waals surface area contributed by atoms with Gasteiger partial charge in [-0.3, -0.25) is 19.1 Å². The van der Waals surface area contributed by atoms with E-state index in [1.165, 1.54) is 18.2 Å². The molecule has 2 aliphatic carbocycles. The van der Waals surface area contributed by atoms with Gasteiger partial charge in [-0.2, -0.15) is 13.2 Å². The first kappa shape index (κ1) is 41.0. The maximum atomic E-state index is 14.7. The molecule has 6 rings (SSSR count). The Morgan fingerprint density at radius 2 is 1.75 bits per heavy atom. The lowest BCUT2D eigenvalue weighted by Gasteiger charge is -2.34. The lowest BCUT2D eigenvalue weighted by Crippen LogP contribution is -2.59. The van der Waals surface area contributed by atoms with E-state index < -0.39 is 86.4 Å². The van der Waals surface area contributed by atoms with Crippen LogP contribution in [0.5, 0.6) is 11.6 Å². The number of benzene rings is 1. The van der Waals surface area contributed by atoms with Crippen molar-refractivity contribution in [3.63, 3.8) is 0 Å². The number of nitrogens with zero attached hydrogens (tertiary/aromatic N) is 2. The summed E-state index contributed by atoms with van der Waals surface area (Å²) in [6.07, 6.45) is 0.236. The number of methoxy groups -OCH3 is 1. The number of alkyl halides is 3. The Bertz CT molecular complexity index is 2010. The minimum atomic E-state index is -4.91. The van der Waals surface area contributed by atoms with Crippen LogP contribution in [0.2, 0.25) is 0 Å². The summed E-state index contributed by atoms with van der Waals surface area (Å²) in [5.74, 6) is -2.97. The van der Waals surface area contributed by atoms with Gasteiger partial charge in [0.05, 0.1) is 25.1 Å². The van der Waals surface area contributed by atoms with Gasteiger partial charge in [0.1, 0.15) is 29.5 Å². The molecule has 1 aromatic carbocycles. The number of halogens is 3. The molecule has 1 saturated heterocycles. The van der Waals surface area contributed by atoms with Gasteiger partial charge in [-0.15, -0.1) is 0 Å². The van der Waals surface area contributed by atoms with E-state index in [0.29, 0.717) is 62.5 Å². The van der Waals surface area contributed by atoms with E-state index >= 15 is 0 Å². The van der Waals surface area contributed by atoms with Crippen LogP contribution in [0, 0.1) is 17.8 Å². The highest BCUT2D eigenvalue weighted by Crippen LogP contribution is 2.46. The summed E-state index contributed by atoms with van der Waals surface area (Å²) in [5, 5.41) is 5.74. The molecule has 56 heavy (non-hydrogen) atoms. The van der Waals surface area contributed by atoms with Crippen molar-refractivity contribution in [1.82, 2.24) is 25.2 Å². The highest BCUT2D eigenvalue weighted by atomic mass is 32.2. The summed E-state index contributed by atoms with van der Waals surface area (Å²) in [6, 6.07) is 4.42. The van der Waals surface area contributed by atoms with Crippen LogP contribution >= 0.6 is 0 Å². The second-order valence-corrected chi connectivity index (χ2v) is 17.9. The number of nitrogens with one attached hydrogen (secondary N) is 3. The predicted molar refractivity (Wildman–Crippen MR) is 197 cm³/mol. The van der Waals surface area contributed by atoms with E-state index in [9.17, 15) is 40.8 Å². The Morgan fingerprint density at radius 1 is 1.05 bits per heavy atom. The van der Waals surface area contributed by atoms with Gasteiger partial charge in [0.25, 0.3) is 5.91 Å². The van der Waals surface area contributed by atoms with E-state index in [2.05, 4.69) is 20.3 Å². The SMILES string of the molecule is COc1cnc(OC2CC3C(=O)NC4(C(=O)NS(=O)(=O)C5CC5)CC4C=CCCC(C)CC(C)C(NC(=O)OC(C)(C)C(F)(F)F)C(=O)N3C2)c2ccccc12. The van der Waals surface area contributed by atoms with E-state index in [4.69, 9.17) is 14.2 Å². The molecule has 7 atom stereocenters. The average molecular weight is 808 g/mol. The Hall–Kier alpha value is -4.61. The van der Waals surface area contributed by atoms with E-state index in [1.54, 1.807) is 25.1 Å². The monoisotopic (exact) mass is 807 g/mol. The molecule has 18 heteroatoms. The fraction of sp³-hybridized carbons (Fsp3) is 0.605. The van der Waals surface area contributed by atoms with E-state index in [1.807, 2.05) is 25.1 Å². The molecule has 0 spiro atoms. The molecule has 0 radical (unpaired) electrons. The standard InChI is InChI=1S/C38H48F3N5O9S/c1-21-10-6-7-11-23-18-37(23,34(49)45-56(51,52)25-14-15-25)44-31(47)28-17-24(54-32-27-13-9-8-12-26(27)29(53-5)19-42-32)20-46(28)33(48)30(22(2)16-21)43-35(50)55-36(3,4)38(39,40)41/h7-9,11-13,19,21-25,28,30H,6,10,14-18,20H2,1-5H3,(H,43,50)(H,44,47)(H,45,49). The number of sulfonamides is 1. The number of pyridine rings is 1. The molecule has 3 N–H and O–H groups in total. The molecule has 14 nitrogen and oxygen atoms in total. The van der Waals surface area contributed by atoms with Gasteiger partial charge in [0, 0.05) is 23.1 Å². The van der Waals surface area contributed by atoms with Gasteiger partial charge in [-0.05, 0) is 70.3 Å². The molecule has 2 aliphatic heterocycles. The molecule has 4 amide bonds. The molecule has 7 unspecified atom stereocenters. The van der Waals surface area contributed by atoms with Gasteiger partial charge >= 0.3 is 12.3 Å². The maximum Gasteiger partial charge on any atom is 0.427 e. The number of carbonyl (C=O) groups is 4. The van der Waals surface area contributed by atoms with Crippen molar-refractivity contribution in [3.05, 3.63) is 42.6 Å². The maximum absolute atomic E-state index is 14.7. The van der Waals surface area contributed by atoms with Gasteiger partial charge in [0.2, 0.25) is 33.3 Å². The highest BCUT2D eigenvalue weighted by Gasteiger charge is 2.62. The Labute approximate surface area is 323 Å². The van der Waals surface area contributed by atoms with E-state index in [-0.39, 0.29) is 31.2 Å². The second kappa shape index (κ2) is 15.4. The number of allylic oxidation sites excluding steroid dienone is 1. The Morgan fingerprint density at radius 3 is 2.41 bits per heavy atom. The topological polar surface area (TPSA) is 182 Å². The molecule has 3 fully saturated rings. The van der Waals surface area contributed by atoms with E-state index in [0.717, 1.165) is 0 Å². The highest BCUT2D eigenvalue weighted by molar-refractivity contribution is 7.91. The average Bonchev–Trinajstić information content (AvgIpc) is 4.05. The number of alkyl carbamates (subject to hydrolysis) is 1. The van der Waals surface area contributed by atoms with Crippen molar-refractivity contribution in [2.24, 2.45) is 17.8 Å². The Balaban J connectivity index is 1.35. The number of rotatable bonds is 8. The van der Waals surface area contributed by atoms with Gasteiger partial charge in [-0.25, -0.2) is 18.2 Å². The Kier molecular flexibility index (Phi) is 11.3. The lowest BCUT2D eigenvalue weighted by atomic mass is 9.88. The molecular formula is C38H48F3N5O9S. The summed E-state index contributed by atoms with van der Waals surface area (Å²) in [6.45, 7) is 4.80. The van der Waals surface area contributed by atoms with Crippen molar-refractivity contribution in [2.45, 2.75) is 113 Å². The lowest BCUT2D eigenvalue weighted by molar-refractivity contribution is -0.244. The quantitative estimate of drug-likeness (QED) is 0.321. The van der Waals surface area contributed by atoms with Crippen molar-refractivity contribution >= 4 is 44.6 Å². The first-order chi connectivity index (χ1) is 26.3. The zero-order chi connectivity index (χ0) is 40.8. The molecule has 2 aromatic rings. The minimum absolute atomic E-state index is 0.0323. The molecule has 4 aliphatic rings. The summed E-state index contributed by atoms with van der Waals surface area (Å²) >= 11 is 0. The van der Waals surface area contributed by atoms with Crippen molar-refractivity contribution in [3.8, 4) is 11.6 Å². The minimum Gasteiger partial charge on any atom is -0.494 e. The first-order valence-corrected chi connectivity index (χ1v) is 20.3. The molecule has 1 aromatic heterocycles. The normalized spacial score (nSPS) is 28.9. The number of fused-ring (bicyclic) bond motifs is 3. The summed E-state index contributed by atoms with van der Waals surface area (Å²) in [7, 11) is -2.48. The van der Waals surface area contributed by atoms with Crippen LogP contribution in [0.15, 0.2) is 42.6 Å². The van der Waals surface area contributed by atoms with Crippen LogP contribution in [0.25, 0.3) is 10.8 Å². The third-order valence-electron chi connectivity index (χ3n) is 11.1. The number of carbonyl (C=O) groups excluding carboxylic acids is 4. The van der Waals surface area contributed by atoms with Gasteiger partial charge < -0.3 is 29.7 Å². The fourth-order valence-electron chi connectivity index (χ4n) is 7.50. The third-order valence-corrected chi connectivity index (χ3v) is 13.0. The number of ether oxygens (including phenoxy) is 3. The first-order valence-electron chi connectivity index (χ1n) is 18.8. The number of aromatic nitrogens is 1. The third kappa shape index (κ3) is 8.54. The van der Waals surface area contributed by atoms with Crippen LogP contribution in [-0.4, -0.2) is 96.5 Å². The van der Waals surface area contributed by atoms with Crippen LogP contribution in [-0.2, 0) is 29.1 Å². The molecule has 2 saturated carbocycles. The van der Waals surface area contributed by atoms with Crippen LogP contribution in [0.4, 0.5) is 18.0 Å². The number of hydrogen-bond acceptors (Lipinski definition) is 10. The van der Waals surface area contributed by atoms with Gasteiger partial charge in [-0.1, -0.05) is 44.2 Å². The smallest absolute Gasteiger partial charge is 0.427 e. The van der Waals surface area contributed by atoms with Crippen molar-refractivity contribution < 1.29 is 55.0 Å². The van der Waals surface area contributed by atoms with Crippen LogP contribution < -0.4 is 24.8 Å². The van der Waals surface area contributed by atoms with Crippen molar-refractivity contribution in [1.29, 1.82) is 0 Å². The summed E-state index contributed by atoms with van der Waals surface area (Å²) in [4.78, 5) is 61.5. The summed E-state index contributed by atoms with van der Waals surface area (Å²) in [5.41, 5.74) is -4.50. The summed E-state index contributed by atoms with van der Waals surface area (Å²) < 4.78 is 85.5. The zero-order valence-corrected chi connectivity index (χ0v) is 32.7. The zero-order valence-electron chi connectivity index (χ0n) is 31.9. The molecule has 3 heterocycles. The van der Waals surface area contributed by atoms with Crippen molar-refractivity contribution in [2.75, 3.05) is 13.7 Å². The van der Waals surface area contributed by atoms with Gasteiger partial charge in [0.15, 0.2) is 0 Å². The fourth-order valence-corrected chi connectivity index (χ4v) is 8.86. The number of hydrogen-bond donors (Lipinski definition) is 3. The predicted octanol–water partition coefficient (Wildman–Crippen LogP) is 4.52. The van der Waals surface area contributed by atoms with Crippen LogP contribution in [0.1, 0.15) is 72.6 Å².